The van der Waals surface area contributed by atoms with Crippen LogP contribution in [0.1, 0.15) is 5.56 Å². The molecule has 0 radical (unpaired) electrons. The van der Waals surface area contributed by atoms with E-state index >= 15 is 0 Å². The minimum absolute atomic E-state index is 0.0974. The SMILES string of the molecule is O=S(=O)(O)[C]([La])=Cc1ccccc1. The molecule has 0 spiro atoms. The van der Waals surface area contributed by atoms with Crippen molar-refractivity contribution in [2.45, 2.75) is 0 Å². The van der Waals surface area contributed by atoms with Gasteiger partial charge in [-0.15, -0.1) is 0 Å². The molecule has 0 saturated carbocycles. The molecule has 0 aliphatic heterocycles. The van der Waals surface area contributed by atoms with Gasteiger partial charge in [-0.1, -0.05) is 0 Å². The first-order valence-electron chi connectivity index (χ1n) is 3.50. The van der Waals surface area contributed by atoms with Gasteiger partial charge in [0.25, 0.3) is 0 Å². The second-order valence-electron chi connectivity index (χ2n) is 2.43. The van der Waals surface area contributed by atoms with Gasteiger partial charge < -0.3 is 0 Å². The number of hydrogen-bond donors (Lipinski definition) is 1. The fourth-order valence-corrected chi connectivity index (χ4v) is 1.68. The van der Waals surface area contributed by atoms with E-state index in [1.54, 1.807) is 12.1 Å². The van der Waals surface area contributed by atoms with Gasteiger partial charge in [0.2, 0.25) is 0 Å². The first kappa shape index (κ1) is 11.1. The molecular weight excluding hydrogens is 315 g/mol. The van der Waals surface area contributed by atoms with Gasteiger partial charge in [0.1, 0.15) is 0 Å². The molecule has 1 rings (SSSR count). The number of hydrogen-bond acceptors (Lipinski definition) is 2. The second kappa shape index (κ2) is 4.53. The zero-order chi connectivity index (χ0) is 9.90. The van der Waals surface area contributed by atoms with E-state index in [4.69, 9.17) is 4.55 Å². The molecule has 1 aromatic carbocycles. The van der Waals surface area contributed by atoms with Crippen LogP contribution in [0.15, 0.2) is 31.6 Å². The summed E-state index contributed by atoms with van der Waals surface area (Å²) in [7, 11) is -3.97. The summed E-state index contributed by atoms with van der Waals surface area (Å²) in [6.45, 7) is 0. The van der Waals surface area contributed by atoms with Crippen molar-refractivity contribution in [2.24, 2.45) is 0 Å². The molecule has 1 N–H and O–H groups in total. The molecule has 5 heteroatoms. The van der Waals surface area contributed by atoms with E-state index in [9.17, 15) is 8.42 Å². The van der Waals surface area contributed by atoms with Crippen LogP contribution in [0.25, 0.3) is 6.08 Å². The van der Waals surface area contributed by atoms with E-state index in [2.05, 4.69) is 0 Å². The molecule has 0 fully saturated rings. The Morgan fingerprint density at radius 1 is 1.31 bits per heavy atom. The predicted molar refractivity (Wildman–Crippen MR) is 46.0 cm³/mol. The summed E-state index contributed by atoms with van der Waals surface area (Å²) >= 11 is 0.0974. The van der Waals surface area contributed by atoms with E-state index in [0.717, 1.165) is 5.56 Å². The summed E-state index contributed by atoms with van der Waals surface area (Å²) in [5.41, 5.74) is 0.789. The molecule has 66 valence electrons. The van der Waals surface area contributed by atoms with Crippen LogP contribution < -0.4 is 0 Å². The zero-order valence-corrected chi connectivity index (χ0v) is 11.2. The first-order chi connectivity index (χ1) is 6.00. The van der Waals surface area contributed by atoms with Crippen LogP contribution >= 0.6 is 0 Å². The molecular formula is C8H7LaO3S. The van der Waals surface area contributed by atoms with Gasteiger partial charge in [0, 0.05) is 0 Å². The van der Waals surface area contributed by atoms with Gasteiger partial charge in [-0.25, -0.2) is 0 Å². The van der Waals surface area contributed by atoms with Crippen molar-refractivity contribution in [1.29, 1.82) is 0 Å². The Bertz CT molecular complexity index is 408. The molecule has 0 aromatic heterocycles. The van der Waals surface area contributed by atoms with Gasteiger partial charge >= 0.3 is 100 Å². The Labute approximate surface area is 99.2 Å². The average molecular weight is 322 g/mol. The maximum atomic E-state index is 10.7. The van der Waals surface area contributed by atoms with E-state index in [1.165, 1.54) is 6.08 Å². The molecule has 0 atom stereocenters. The molecule has 0 heterocycles. The molecule has 0 amide bonds. The van der Waals surface area contributed by atoms with Crippen LogP contribution in [0.5, 0.6) is 0 Å². The van der Waals surface area contributed by atoms with E-state index in [1.807, 2.05) is 18.2 Å². The van der Waals surface area contributed by atoms with Crippen LogP contribution in [0.4, 0.5) is 0 Å². The normalized spacial score (nSPS) is 12.8. The molecule has 13 heavy (non-hydrogen) atoms. The second-order valence-corrected chi connectivity index (χ2v) is 7.12. The standard InChI is InChI=1S/C8H7O3S.La/c9-12(10,11)7-6-8-4-2-1-3-5-8;/h1-6H,(H,9,10,11);. The van der Waals surface area contributed by atoms with Crippen molar-refractivity contribution in [3.05, 3.63) is 37.2 Å². The molecule has 0 aliphatic rings. The fraction of sp³-hybridized carbons (Fsp3) is 0. The summed E-state index contributed by atoms with van der Waals surface area (Å²) in [5, 5.41) is 0. The Balaban J connectivity index is 3.04. The summed E-state index contributed by atoms with van der Waals surface area (Å²) in [6, 6.07) is 9.04. The molecule has 3 nitrogen and oxygen atoms in total. The molecule has 0 bridgehead atoms. The van der Waals surface area contributed by atoms with Crippen LogP contribution in [0.3, 0.4) is 0 Å². The molecule has 0 unspecified atom stereocenters. The maximum absolute atomic E-state index is 10.7. The average Bonchev–Trinajstić information content (AvgIpc) is 2.04. The molecule has 0 aliphatic carbocycles. The van der Waals surface area contributed by atoms with Crippen molar-refractivity contribution in [1.82, 2.24) is 0 Å². The Kier molecular flexibility index (Phi) is 3.88. The predicted octanol–water partition coefficient (Wildman–Crippen LogP) is 1.42. The summed E-state index contributed by atoms with van der Waals surface area (Å²) in [6.07, 6.45) is 1.49. The van der Waals surface area contributed by atoms with Crippen molar-refractivity contribution >= 4 is 16.2 Å². The van der Waals surface area contributed by atoms with Gasteiger partial charge in [0.15, 0.2) is 0 Å². The van der Waals surface area contributed by atoms with Gasteiger partial charge in [-0.05, 0) is 0 Å². The van der Waals surface area contributed by atoms with Crippen LogP contribution in [-0.4, -0.2) is 13.0 Å². The molecule has 1 aromatic rings. The summed E-state index contributed by atoms with van der Waals surface area (Å²) < 4.78 is 30.1. The quantitative estimate of drug-likeness (QED) is 0.838. The third kappa shape index (κ3) is 3.75. The van der Waals surface area contributed by atoms with Crippen molar-refractivity contribution < 1.29 is 46.7 Å². The van der Waals surface area contributed by atoms with Crippen molar-refractivity contribution in [3.63, 3.8) is 0 Å². The van der Waals surface area contributed by atoms with Crippen LogP contribution in [-0.2, 0) is 10.1 Å². The van der Waals surface area contributed by atoms with Crippen molar-refractivity contribution in [2.75, 3.05) is 0 Å². The number of rotatable bonds is 2. The fourth-order valence-electron chi connectivity index (χ4n) is 0.788. The van der Waals surface area contributed by atoms with Crippen LogP contribution in [0, 0.1) is 33.7 Å². The number of benzene rings is 1. The monoisotopic (exact) mass is 322 g/mol. The third-order valence-corrected chi connectivity index (χ3v) is 5.45. The Hall–Kier alpha value is 0.0648. The van der Waals surface area contributed by atoms with E-state index in [0.29, 0.717) is 0 Å². The minimum atomic E-state index is -3.97. The van der Waals surface area contributed by atoms with Gasteiger partial charge in [0.05, 0.1) is 0 Å². The third-order valence-electron chi connectivity index (χ3n) is 1.41. The Morgan fingerprint density at radius 3 is 2.31 bits per heavy atom. The summed E-state index contributed by atoms with van der Waals surface area (Å²) in [4.78, 5) is 0. The van der Waals surface area contributed by atoms with E-state index in [-0.39, 0.29) is 35.0 Å². The van der Waals surface area contributed by atoms with Crippen LogP contribution in [0.2, 0.25) is 0 Å². The summed E-state index contributed by atoms with van der Waals surface area (Å²) in [5.74, 6) is 0. The van der Waals surface area contributed by atoms with Crippen molar-refractivity contribution in [3.8, 4) is 0 Å². The molecule has 0 saturated heterocycles. The van der Waals surface area contributed by atoms with Gasteiger partial charge in [-0.2, -0.15) is 0 Å². The van der Waals surface area contributed by atoms with E-state index < -0.39 is 10.1 Å². The Morgan fingerprint density at radius 2 is 1.85 bits per heavy atom. The topological polar surface area (TPSA) is 54.4 Å². The first-order valence-corrected chi connectivity index (χ1v) is 6.75. The zero-order valence-electron chi connectivity index (χ0n) is 6.71. The van der Waals surface area contributed by atoms with Gasteiger partial charge in [-0.3, -0.25) is 0 Å².